The van der Waals surface area contributed by atoms with Crippen molar-refractivity contribution in [1.82, 2.24) is 9.97 Å². The Balaban J connectivity index is 1.80. The molecule has 4 rings (SSSR count). The molecule has 4 aromatic rings. The molecule has 0 bridgehead atoms. The zero-order chi connectivity index (χ0) is 20.4. The molecule has 1 N–H and O–H groups in total. The molecule has 0 fully saturated rings. The van der Waals surface area contributed by atoms with Gasteiger partial charge >= 0.3 is 0 Å². The molecule has 9 nitrogen and oxygen atoms in total. The maximum Gasteiger partial charge on any atom is 0.271 e. The van der Waals surface area contributed by atoms with E-state index in [4.69, 9.17) is 0 Å². The first-order valence-corrected chi connectivity index (χ1v) is 8.54. The minimum atomic E-state index is -0.472. The van der Waals surface area contributed by atoms with E-state index in [1.807, 2.05) is 24.3 Å². The Bertz CT molecular complexity index is 1240. The highest BCUT2D eigenvalue weighted by Gasteiger charge is 2.13. The van der Waals surface area contributed by atoms with Gasteiger partial charge in [0.25, 0.3) is 11.4 Å². The zero-order valence-corrected chi connectivity index (χ0v) is 14.9. The second kappa shape index (κ2) is 7.31. The summed E-state index contributed by atoms with van der Waals surface area (Å²) < 4.78 is 0. The van der Waals surface area contributed by atoms with E-state index in [1.54, 1.807) is 24.3 Å². The normalized spacial score (nSPS) is 10.6. The molecule has 0 amide bonds. The van der Waals surface area contributed by atoms with E-state index in [0.717, 1.165) is 5.39 Å². The number of non-ortho nitro benzene ring substituents is 2. The molecule has 0 radical (unpaired) electrons. The molecule has 0 atom stereocenters. The lowest BCUT2D eigenvalue weighted by Crippen LogP contribution is -2.00. The van der Waals surface area contributed by atoms with E-state index in [1.165, 1.54) is 24.3 Å². The third kappa shape index (κ3) is 3.69. The van der Waals surface area contributed by atoms with E-state index < -0.39 is 9.85 Å². The van der Waals surface area contributed by atoms with E-state index in [2.05, 4.69) is 15.3 Å². The zero-order valence-electron chi connectivity index (χ0n) is 14.9. The number of hydrogen-bond acceptors (Lipinski definition) is 7. The summed E-state index contributed by atoms with van der Waals surface area (Å²) in [5.74, 6) is 0.857. The highest BCUT2D eigenvalue weighted by Crippen LogP contribution is 2.29. The molecule has 29 heavy (non-hydrogen) atoms. The molecule has 0 aliphatic carbocycles. The number of nitro groups is 2. The van der Waals surface area contributed by atoms with Gasteiger partial charge in [-0.2, -0.15) is 0 Å². The van der Waals surface area contributed by atoms with Crippen LogP contribution in [-0.4, -0.2) is 19.8 Å². The van der Waals surface area contributed by atoms with Crippen LogP contribution in [0.15, 0.2) is 72.8 Å². The number of hydrogen-bond donors (Lipinski definition) is 1. The summed E-state index contributed by atoms with van der Waals surface area (Å²) in [4.78, 5) is 30.1. The Kier molecular flexibility index (Phi) is 4.54. The summed E-state index contributed by atoms with van der Waals surface area (Å²) in [6.45, 7) is 0. The largest absolute Gasteiger partial charge is 0.339 e. The van der Waals surface area contributed by atoms with Gasteiger partial charge in [0.15, 0.2) is 5.82 Å². The number of anilines is 2. The first-order chi connectivity index (χ1) is 14.0. The predicted octanol–water partition coefficient (Wildman–Crippen LogP) is 4.86. The van der Waals surface area contributed by atoms with Gasteiger partial charge in [-0.3, -0.25) is 20.2 Å². The number of para-hydroxylation sites is 1. The van der Waals surface area contributed by atoms with Crippen molar-refractivity contribution in [2.45, 2.75) is 0 Å². The number of nitro benzene ring substituents is 2. The second-order valence-electron chi connectivity index (χ2n) is 6.15. The van der Waals surface area contributed by atoms with Gasteiger partial charge in [0, 0.05) is 40.9 Å². The fraction of sp³-hybridized carbons (Fsp3) is 0. The highest BCUT2D eigenvalue weighted by atomic mass is 16.6. The number of nitrogens with one attached hydrogen (secondary N) is 1. The predicted molar refractivity (Wildman–Crippen MR) is 108 cm³/mol. The van der Waals surface area contributed by atoms with Crippen molar-refractivity contribution in [3.05, 3.63) is 93.0 Å². The average molecular weight is 387 g/mol. The molecule has 0 unspecified atom stereocenters. The molecule has 1 aromatic heterocycles. The third-order valence-corrected chi connectivity index (χ3v) is 4.26. The molecule has 0 aliphatic heterocycles. The molecule has 0 aliphatic rings. The van der Waals surface area contributed by atoms with E-state index in [9.17, 15) is 20.2 Å². The van der Waals surface area contributed by atoms with Crippen molar-refractivity contribution in [3.63, 3.8) is 0 Å². The smallest absolute Gasteiger partial charge is 0.271 e. The summed E-state index contributed by atoms with van der Waals surface area (Å²) in [6.07, 6.45) is 0. The fourth-order valence-corrected chi connectivity index (χ4v) is 2.87. The summed E-state index contributed by atoms with van der Waals surface area (Å²) in [5, 5.41) is 25.8. The topological polar surface area (TPSA) is 124 Å². The van der Waals surface area contributed by atoms with Crippen LogP contribution >= 0.6 is 0 Å². The van der Waals surface area contributed by atoms with Crippen LogP contribution in [0.3, 0.4) is 0 Å². The fourth-order valence-electron chi connectivity index (χ4n) is 2.87. The molecular formula is C20H13N5O4. The van der Waals surface area contributed by atoms with Crippen molar-refractivity contribution in [1.29, 1.82) is 0 Å². The van der Waals surface area contributed by atoms with E-state index in [-0.39, 0.29) is 11.4 Å². The minimum absolute atomic E-state index is 0.0236. The lowest BCUT2D eigenvalue weighted by molar-refractivity contribution is -0.385. The van der Waals surface area contributed by atoms with Crippen LogP contribution in [0.1, 0.15) is 0 Å². The number of nitrogens with zero attached hydrogens (tertiary/aromatic N) is 4. The van der Waals surface area contributed by atoms with Crippen LogP contribution in [0.2, 0.25) is 0 Å². The van der Waals surface area contributed by atoms with Crippen LogP contribution in [-0.2, 0) is 0 Å². The lowest BCUT2D eigenvalue weighted by Gasteiger charge is -2.11. The number of fused-ring (bicyclic) bond motifs is 1. The van der Waals surface area contributed by atoms with Crippen molar-refractivity contribution >= 4 is 33.8 Å². The summed E-state index contributed by atoms with van der Waals surface area (Å²) >= 11 is 0. The van der Waals surface area contributed by atoms with Crippen molar-refractivity contribution in [2.75, 3.05) is 5.32 Å². The van der Waals surface area contributed by atoms with Crippen molar-refractivity contribution in [3.8, 4) is 11.4 Å². The first kappa shape index (κ1) is 18.0. The van der Waals surface area contributed by atoms with Crippen LogP contribution in [0, 0.1) is 20.2 Å². The molecule has 0 saturated carbocycles. The summed E-state index contributed by atoms with van der Waals surface area (Å²) in [7, 11) is 0. The van der Waals surface area contributed by atoms with Crippen LogP contribution in [0.5, 0.6) is 0 Å². The summed E-state index contributed by atoms with van der Waals surface area (Å²) in [5.41, 5.74) is 1.73. The molecule has 3 aromatic carbocycles. The Morgan fingerprint density at radius 1 is 0.759 bits per heavy atom. The third-order valence-electron chi connectivity index (χ3n) is 4.26. The van der Waals surface area contributed by atoms with Crippen LogP contribution in [0.25, 0.3) is 22.3 Å². The molecule has 0 saturated heterocycles. The Morgan fingerprint density at radius 3 is 2.21 bits per heavy atom. The van der Waals surface area contributed by atoms with Crippen molar-refractivity contribution in [2.24, 2.45) is 0 Å². The van der Waals surface area contributed by atoms with Gasteiger partial charge in [-0.1, -0.05) is 18.2 Å². The highest BCUT2D eigenvalue weighted by molar-refractivity contribution is 5.92. The van der Waals surface area contributed by atoms with Gasteiger partial charge < -0.3 is 5.32 Å². The number of rotatable bonds is 5. The maximum absolute atomic E-state index is 11.0. The molecule has 0 spiro atoms. The number of benzene rings is 3. The van der Waals surface area contributed by atoms with E-state index >= 15 is 0 Å². The molecule has 1 heterocycles. The second-order valence-corrected chi connectivity index (χ2v) is 6.15. The summed E-state index contributed by atoms with van der Waals surface area (Å²) in [6, 6.07) is 19.4. The van der Waals surface area contributed by atoms with Gasteiger partial charge in [0.2, 0.25) is 0 Å². The quantitative estimate of drug-likeness (QED) is 0.383. The van der Waals surface area contributed by atoms with Gasteiger partial charge in [0.1, 0.15) is 5.82 Å². The standard InChI is InChI=1S/C20H13N5O4/c26-24(27)15-10-8-13(9-11-15)19-22-18-7-2-1-6-17(18)20(23-19)21-14-4-3-5-16(12-14)25(28)29/h1-12H,(H,21,22,23). The monoisotopic (exact) mass is 387 g/mol. The maximum atomic E-state index is 11.0. The first-order valence-electron chi connectivity index (χ1n) is 8.54. The average Bonchev–Trinajstić information content (AvgIpc) is 2.74. The Morgan fingerprint density at radius 2 is 1.48 bits per heavy atom. The molecular weight excluding hydrogens is 374 g/mol. The van der Waals surface area contributed by atoms with Crippen molar-refractivity contribution < 1.29 is 9.85 Å². The molecule has 9 heteroatoms. The van der Waals surface area contributed by atoms with Gasteiger partial charge in [0.05, 0.1) is 15.4 Å². The number of aromatic nitrogens is 2. The lowest BCUT2D eigenvalue weighted by atomic mass is 10.1. The van der Waals surface area contributed by atoms with Gasteiger partial charge in [-0.25, -0.2) is 9.97 Å². The SMILES string of the molecule is O=[N+]([O-])c1ccc(-c2nc(Nc3cccc([N+](=O)[O-])c3)c3ccccc3n2)cc1. The van der Waals surface area contributed by atoms with Gasteiger partial charge in [-0.05, 0) is 30.3 Å². The Labute approximate surface area is 164 Å². The minimum Gasteiger partial charge on any atom is -0.339 e. The van der Waals surface area contributed by atoms with Crippen LogP contribution < -0.4 is 5.32 Å². The van der Waals surface area contributed by atoms with Gasteiger partial charge in [-0.15, -0.1) is 0 Å². The Hall–Kier alpha value is -4.40. The van der Waals surface area contributed by atoms with Crippen LogP contribution in [0.4, 0.5) is 22.9 Å². The molecule has 142 valence electrons. The van der Waals surface area contributed by atoms with E-state index in [0.29, 0.717) is 28.4 Å².